The maximum absolute atomic E-state index is 5.60. The maximum Gasteiger partial charge on any atom is 0.129 e. The van der Waals surface area contributed by atoms with E-state index in [9.17, 15) is 0 Å². The first kappa shape index (κ1) is 7.09. The lowest BCUT2D eigenvalue weighted by Crippen LogP contribution is -1.88. The van der Waals surface area contributed by atoms with Crippen molar-refractivity contribution in [1.29, 1.82) is 0 Å². The molecule has 0 saturated carbocycles. The number of aromatic nitrogens is 1. The Morgan fingerprint density at radius 1 is 1.60 bits per heavy atom. The minimum absolute atomic E-state index is 0.634. The van der Waals surface area contributed by atoms with Crippen molar-refractivity contribution in [3.63, 3.8) is 0 Å². The summed E-state index contributed by atoms with van der Waals surface area (Å²) in [6.07, 6.45) is 3.14. The van der Waals surface area contributed by atoms with E-state index in [1.807, 2.05) is 0 Å². The molecule has 0 amide bonds. The van der Waals surface area contributed by atoms with Gasteiger partial charge in [0, 0.05) is 6.20 Å². The number of hydrogen-bond acceptors (Lipinski definition) is 2. The summed E-state index contributed by atoms with van der Waals surface area (Å²) in [6, 6.07) is 3.55. The van der Waals surface area contributed by atoms with Crippen LogP contribution in [-0.4, -0.2) is 4.98 Å². The third-order valence-electron chi connectivity index (χ3n) is 0.977. The number of halogens is 1. The highest BCUT2D eigenvalue weighted by atomic mass is 35.5. The maximum atomic E-state index is 5.60. The second-order valence-electron chi connectivity index (χ2n) is 1.71. The summed E-state index contributed by atoms with van der Waals surface area (Å²) in [5, 5.41) is 3.46. The van der Waals surface area contributed by atoms with Crippen LogP contribution in [-0.2, 0) is 0 Å². The summed E-state index contributed by atoms with van der Waals surface area (Å²) < 4.78 is 0. The van der Waals surface area contributed by atoms with E-state index in [0.29, 0.717) is 5.02 Å². The lowest BCUT2D eigenvalue weighted by molar-refractivity contribution is 1.31. The van der Waals surface area contributed by atoms with E-state index in [1.165, 1.54) is 0 Å². The molecule has 0 saturated heterocycles. The van der Waals surface area contributed by atoms with Crippen LogP contribution in [0.5, 0.6) is 0 Å². The molecule has 1 aromatic heterocycles. The van der Waals surface area contributed by atoms with Crippen LogP contribution >= 0.6 is 11.6 Å². The van der Waals surface area contributed by atoms with Gasteiger partial charge in [0.05, 0.1) is 5.02 Å². The molecule has 0 aliphatic heterocycles. The van der Waals surface area contributed by atoms with Crippen LogP contribution in [0.3, 0.4) is 0 Å². The molecular formula is C7H7ClN2. The van der Waals surface area contributed by atoms with E-state index < -0.39 is 0 Å². The van der Waals surface area contributed by atoms with E-state index >= 15 is 0 Å². The second-order valence-corrected chi connectivity index (χ2v) is 2.15. The Hall–Kier alpha value is -1.02. The van der Waals surface area contributed by atoms with E-state index in [2.05, 4.69) is 16.9 Å². The predicted molar refractivity (Wildman–Crippen MR) is 43.1 cm³/mol. The summed E-state index contributed by atoms with van der Waals surface area (Å²) in [6.45, 7) is 3.49. The highest BCUT2D eigenvalue weighted by molar-refractivity contribution is 6.30. The van der Waals surface area contributed by atoms with E-state index in [-0.39, 0.29) is 0 Å². The number of rotatable bonds is 2. The molecule has 0 fully saturated rings. The molecule has 0 aliphatic carbocycles. The van der Waals surface area contributed by atoms with Crippen LogP contribution in [0.4, 0.5) is 5.82 Å². The molecule has 52 valence electrons. The van der Waals surface area contributed by atoms with Gasteiger partial charge in [-0.1, -0.05) is 18.2 Å². The summed E-state index contributed by atoms with van der Waals surface area (Å²) >= 11 is 5.60. The average molecular weight is 155 g/mol. The van der Waals surface area contributed by atoms with Gasteiger partial charge in [0.25, 0.3) is 0 Å². The molecule has 2 nitrogen and oxygen atoms in total. The summed E-state index contributed by atoms with van der Waals surface area (Å²) in [7, 11) is 0. The summed E-state index contributed by atoms with van der Waals surface area (Å²) in [5.74, 6) is 0.749. The van der Waals surface area contributed by atoms with E-state index in [1.54, 1.807) is 24.5 Å². The minimum atomic E-state index is 0.634. The third-order valence-corrected chi connectivity index (χ3v) is 1.20. The van der Waals surface area contributed by atoms with Gasteiger partial charge in [0.15, 0.2) is 0 Å². The first-order valence-corrected chi connectivity index (χ1v) is 3.20. The summed E-state index contributed by atoms with van der Waals surface area (Å²) in [4.78, 5) is 3.95. The van der Waals surface area contributed by atoms with Gasteiger partial charge in [-0.05, 0) is 18.3 Å². The smallest absolute Gasteiger partial charge is 0.129 e. The monoisotopic (exact) mass is 154 g/mol. The number of hydrogen-bond donors (Lipinski definition) is 1. The number of nitrogens with one attached hydrogen (secondary N) is 1. The summed E-state index contributed by atoms with van der Waals surface area (Å²) in [5.41, 5.74) is 0. The van der Waals surface area contributed by atoms with Crippen LogP contribution < -0.4 is 5.32 Å². The van der Waals surface area contributed by atoms with Crippen molar-refractivity contribution in [1.82, 2.24) is 4.98 Å². The van der Waals surface area contributed by atoms with Crippen molar-refractivity contribution in [2.24, 2.45) is 0 Å². The van der Waals surface area contributed by atoms with Crippen molar-refractivity contribution in [2.45, 2.75) is 0 Å². The average Bonchev–Trinajstić information content (AvgIpc) is 1.95. The molecular weight excluding hydrogens is 148 g/mol. The normalized spacial score (nSPS) is 8.90. The second kappa shape index (κ2) is 3.22. The molecule has 0 aromatic carbocycles. The lowest BCUT2D eigenvalue weighted by atomic mass is 10.5. The van der Waals surface area contributed by atoms with Crippen molar-refractivity contribution < 1.29 is 0 Å². The topological polar surface area (TPSA) is 24.9 Å². The van der Waals surface area contributed by atoms with Crippen molar-refractivity contribution in [3.8, 4) is 0 Å². The molecule has 1 heterocycles. The SMILES string of the molecule is C=CNc1ccc(Cl)cn1. The van der Waals surface area contributed by atoms with Gasteiger partial charge in [-0.15, -0.1) is 0 Å². The van der Waals surface area contributed by atoms with Crippen LogP contribution in [0.15, 0.2) is 31.1 Å². The van der Waals surface area contributed by atoms with Crippen LogP contribution in [0, 0.1) is 0 Å². The molecule has 0 atom stereocenters. The molecule has 1 N–H and O–H groups in total. The Morgan fingerprint density at radius 3 is 2.90 bits per heavy atom. The lowest BCUT2D eigenvalue weighted by Gasteiger charge is -1.96. The fraction of sp³-hybridized carbons (Fsp3) is 0. The van der Waals surface area contributed by atoms with Crippen LogP contribution in [0.1, 0.15) is 0 Å². The Labute approximate surface area is 64.5 Å². The largest absolute Gasteiger partial charge is 0.347 e. The van der Waals surface area contributed by atoms with E-state index in [0.717, 1.165) is 5.82 Å². The molecule has 0 bridgehead atoms. The molecule has 10 heavy (non-hydrogen) atoms. The highest BCUT2D eigenvalue weighted by Gasteiger charge is 1.88. The molecule has 0 aliphatic rings. The molecule has 0 radical (unpaired) electrons. The number of nitrogens with zero attached hydrogens (tertiary/aromatic N) is 1. The van der Waals surface area contributed by atoms with Crippen molar-refractivity contribution in [3.05, 3.63) is 36.1 Å². The zero-order valence-corrected chi connectivity index (χ0v) is 6.10. The Balaban J connectivity index is 2.78. The quantitative estimate of drug-likeness (QED) is 0.707. The molecule has 1 rings (SSSR count). The minimum Gasteiger partial charge on any atom is -0.347 e. The van der Waals surface area contributed by atoms with Gasteiger partial charge in [0.1, 0.15) is 5.82 Å². The fourth-order valence-corrected chi connectivity index (χ4v) is 0.678. The van der Waals surface area contributed by atoms with Gasteiger partial charge >= 0.3 is 0 Å². The first-order valence-electron chi connectivity index (χ1n) is 2.82. The molecule has 0 unspecified atom stereocenters. The molecule has 0 spiro atoms. The highest BCUT2D eigenvalue weighted by Crippen LogP contribution is 2.08. The third kappa shape index (κ3) is 1.74. The Bertz CT molecular complexity index is 218. The first-order chi connectivity index (χ1) is 4.83. The molecule has 1 aromatic rings. The van der Waals surface area contributed by atoms with Gasteiger partial charge in [0.2, 0.25) is 0 Å². The van der Waals surface area contributed by atoms with Gasteiger partial charge in [-0.25, -0.2) is 4.98 Å². The predicted octanol–water partition coefficient (Wildman–Crippen LogP) is 2.29. The van der Waals surface area contributed by atoms with Gasteiger partial charge in [-0.3, -0.25) is 0 Å². The standard InChI is InChI=1S/C7H7ClN2/c1-2-9-7-4-3-6(8)5-10-7/h2-5H,1H2,(H,9,10). The number of pyridine rings is 1. The van der Waals surface area contributed by atoms with Crippen LogP contribution in [0.25, 0.3) is 0 Å². The van der Waals surface area contributed by atoms with Crippen molar-refractivity contribution >= 4 is 17.4 Å². The van der Waals surface area contributed by atoms with E-state index in [4.69, 9.17) is 11.6 Å². The number of anilines is 1. The van der Waals surface area contributed by atoms with Gasteiger partial charge in [-0.2, -0.15) is 0 Å². The molecule has 3 heteroatoms. The van der Waals surface area contributed by atoms with Crippen LogP contribution in [0.2, 0.25) is 5.02 Å². The Morgan fingerprint density at radius 2 is 2.40 bits per heavy atom. The van der Waals surface area contributed by atoms with Gasteiger partial charge < -0.3 is 5.32 Å². The fourth-order valence-electron chi connectivity index (χ4n) is 0.566. The zero-order chi connectivity index (χ0) is 7.40. The Kier molecular flexibility index (Phi) is 2.29. The zero-order valence-electron chi connectivity index (χ0n) is 5.34. The van der Waals surface area contributed by atoms with Crippen molar-refractivity contribution in [2.75, 3.05) is 5.32 Å².